The molecule has 114 valence electrons. The molecule has 7 heteroatoms. The van der Waals surface area contributed by atoms with E-state index in [1.807, 2.05) is 42.8 Å². The van der Waals surface area contributed by atoms with Crippen LogP contribution in [-0.2, 0) is 0 Å². The van der Waals surface area contributed by atoms with Crippen molar-refractivity contribution in [3.05, 3.63) is 51.7 Å². The zero-order valence-corrected chi connectivity index (χ0v) is 12.6. The van der Waals surface area contributed by atoms with Gasteiger partial charge in [0.05, 0.1) is 24.2 Å². The molecule has 1 unspecified atom stereocenters. The van der Waals surface area contributed by atoms with Crippen molar-refractivity contribution >= 4 is 0 Å². The van der Waals surface area contributed by atoms with Gasteiger partial charge in [-0.2, -0.15) is 0 Å². The van der Waals surface area contributed by atoms with E-state index in [9.17, 15) is 10.1 Å². The zero-order chi connectivity index (χ0) is 15.4. The van der Waals surface area contributed by atoms with Crippen LogP contribution in [0.4, 0.5) is 0 Å². The molecule has 0 aliphatic carbocycles. The van der Waals surface area contributed by atoms with Crippen molar-refractivity contribution in [2.75, 3.05) is 26.8 Å². The number of pyridine rings is 1. The Morgan fingerprint density at radius 3 is 2.90 bits per heavy atom. The molecule has 0 saturated carbocycles. The molecule has 2 heterocycles. The second-order valence-corrected chi connectivity index (χ2v) is 5.19. The van der Waals surface area contributed by atoms with Gasteiger partial charge in [-0.3, -0.25) is 20.0 Å². The van der Waals surface area contributed by atoms with Crippen LogP contribution in [0.15, 0.2) is 36.0 Å². The number of nitrogens with one attached hydrogen (secondary N) is 1. The van der Waals surface area contributed by atoms with E-state index in [-0.39, 0.29) is 16.7 Å². The molecule has 1 aliphatic heterocycles. The summed E-state index contributed by atoms with van der Waals surface area (Å²) in [5.41, 5.74) is 1.21. The predicted molar refractivity (Wildman–Crippen MR) is 79.7 cm³/mol. The standard InChI is InChI=1S/C14H21N5O2/c1-4-18-9-13(19(20)21)14(17(3)10-18)16-11(2)12-6-5-7-15-8-12/h5-8,11,16H,4,9-10H2,1-3H3. The van der Waals surface area contributed by atoms with Gasteiger partial charge in [0.15, 0.2) is 5.82 Å². The van der Waals surface area contributed by atoms with E-state index in [2.05, 4.69) is 10.3 Å². The lowest BCUT2D eigenvalue weighted by Gasteiger charge is -2.35. The van der Waals surface area contributed by atoms with Gasteiger partial charge in [-0.05, 0) is 25.1 Å². The summed E-state index contributed by atoms with van der Waals surface area (Å²) in [5.74, 6) is 0.584. The predicted octanol–water partition coefficient (Wildman–Crippen LogP) is 1.40. The first-order chi connectivity index (χ1) is 10.0. The summed E-state index contributed by atoms with van der Waals surface area (Å²) in [4.78, 5) is 19.0. The molecule has 0 spiro atoms. The van der Waals surface area contributed by atoms with Crippen LogP contribution in [-0.4, -0.2) is 46.5 Å². The summed E-state index contributed by atoms with van der Waals surface area (Å²) in [6.07, 6.45) is 3.48. The average Bonchev–Trinajstić information content (AvgIpc) is 2.49. The first-order valence-electron chi connectivity index (χ1n) is 7.00. The number of nitro groups is 1. The van der Waals surface area contributed by atoms with E-state index >= 15 is 0 Å². The Hall–Kier alpha value is -2.15. The Labute approximate surface area is 124 Å². The second-order valence-electron chi connectivity index (χ2n) is 5.19. The molecule has 21 heavy (non-hydrogen) atoms. The van der Waals surface area contributed by atoms with Crippen LogP contribution in [0.1, 0.15) is 25.5 Å². The number of likely N-dealkylation sites (N-methyl/N-ethyl adjacent to an activating group) is 1. The summed E-state index contributed by atoms with van der Waals surface area (Å²) in [6, 6.07) is 3.78. The maximum atomic E-state index is 11.3. The number of hydrogen-bond acceptors (Lipinski definition) is 6. The van der Waals surface area contributed by atoms with Gasteiger partial charge in [0.25, 0.3) is 5.70 Å². The number of aromatic nitrogens is 1. The number of rotatable bonds is 5. The van der Waals surface area contributed by atoms with E-state index in [0.29, 0.717) is 19.0 Å². The molecule has 0 saturated heterocycles. The SMILES string of the molecule is CCN1CC([N+](=O)[O-])=C(NC(C)c2cccnc2)N(C)C1. The van der Waals surface area contributed by atoms with Gasteiger partial charge < -0.3 is 10.2 Å². The minimum atomic E-state index is -0.295. The summed E-state index contributed by atoms with van der Waals surface area (Å²) in [6.45, 7) is 5.79. The lowest BCUT2D eigenvalue weighted by Crippen LogP contribution is -2.47. The second kappa shape index (κ2) is 6.53. The summed E-state index contributed by atoms with van der Waals surface area (Å²) >= 11 is 0. The van der Waals surface area contributed by atoms with Gasteiger partial charge in [0, 0.05) is 19.4 Å². The molecule has 1 atom stereocenters. The van der Waals surface area contributed by atoms with Crippen molar-refractivity contribution < 1.29 is 4.92 Å². The van der Waals surface area contributed by atoms with Gasteiger partial charge in [0.1, 0.15) is 0 Å². The van der Waals surface area contributed by atoms with E-state index in [0.717, 1.165) is 12.1 Å². The minimum absolute atomic E-state index is 0.0423. The quantitative estimate of drug-likeness (QED) is 0.653. The molecule has 0 aromatic carbocycles. The fourth-order valence-corrected chi connectivity index (χ4v) is 2.40. The molecule has 1 N–H and O–H groups in total. The van der Waals surface area contributed by atoms with Gasteiger partial charge in [0.2, 0.25) is 0 Å². The first kappa shape index (κ1) is 15.2. The van der Waals surface area contributed by atoms with Crippen molar-refractivity contribution in [3.8, 4) is 0 Å². The van der Waals surface area contributed by atoms with Crippen molar-refractivity contribution in [1.29, 1.82) is 0 Å². The summed E-state index contributed by atoms with van der Waals surface area (Å²) in [5, 5.41) is 14.6. The molecule has 0 amide bonds. The fourth-order valence-electron chi connectivity index (χ4n) is 2.40. The van der Waals surface area contributed by atoms with E-state index in [4.69, 9.17) is 0 Å². The molecule has 0 bridgehead atoms. The molecule has 1 aromatic rings. The normalized spacial score (nSPS) is 17.8. The highest BCUT2D eigenvalue weighted by atomic mass is 16.6. The van der Waals surface area contributed by atoms with Gasteiger partial charge in [-0.15, -0.1) is 0 Å². The highest BCUT2D eigenvalue weighted by Gasteiger charge is 2.30. The molecule has 1 aliphatic rings. The van der Waals surface area contributed by atoms with Crippen LogP contribution in [0, 0.1) is 10.1 Å². The fraction of sp³-hybridized carbons (Fsp3) is 0.500. The third-order valence-corrected chi connectivity index (χ3v) is 3.65. The highest BCUT2D eigenvalue weighted by molar-refractivity contribution is 5.17. The van der Waals surface area contributed by atoms with Crippen LogP contribution >= 0.6 is 0 Å². The van der Waals surface area contributed by atoms with Crippen molar-refractivity contribution in [1.82, 2.24) is 20.1 Å². The third kappa shape index (κ3) is 3.49. The Morgan fingerprint density at radius 1 is 1.57 bits per heavy atom. The Morgan fingerprint density at radius 2 is 2.33 bits per heavy atom. The van der Waals surface area contributed by atoms with Gasteiger partial charge >= 0.3 is 0 Å². The molecule has 0 radical (unpaired) electrons. The average molecular weight is 291 g/mol. The Kier molecular flexibility index (Phi) is 4.74. The molecular weight excluding hydrogens is 270 g/mol. The number of nitrogens with zero attached hydrogens (tertiary/aromatic N) is 4. The van der Waals surface area contributed by atoms with E-state index in [1.165, 1.54) is 0 Å². The number of hydrogen-bond donors (Lipinski definition) is 1. The molecule has 2 rings (SSSR count). The largest absolute Gasteiger partial charge is 0.360 e. The Bertz CT molecular complexity index is 531. The van der Waals surface area contributed by atoms with E-state index in [1.54, 1.807) is 12.4 Å². The summed E-state index contributed by atoms with van der Waals surface area (Å²) in [7, 11) is 1.86. The first-order valence-corrected chi connectivity index (χ1v) is 7.00. The van der Waals surface area contributed by atoms with E-state index < -0.39 is 0 Å². The third-order valence-electron chi connectivity index (χ3n) is 3.65. The molecule has 1 aromatic heterocycles. The molecule has 0 fully saturated rings. The maximum Gasteiger partial charge on any atom is 0.299 e. The van der Waals surface area contributed by atoms with Crippen LogP contribution in [0.25, 0.3) is 0 Å². The van der Waals surface area contributed by atoms with Crippen LogP contribution in [0.2, 0.25) is 0 Å². The van der Waals surface area contributed by atoms with Gasteiger partial charge in [-0.25, -0.2) is 0 Å². The van der Waals surface area contributed by atoms with Crippen molar-refractivity contribution in [3.63, 3.8) is 0 Å². The zero-order valence-electron chi connectivity index (χ0n) is 12.6. The van der Waals surface area contributed by atoms with Crippen molar-refractivity contribution in [2.45, 2.75) is 19.9 Å². The van der Waals surface area contributed by atoms with Gasteiger partial charge in [-0.1, -0.05) is 13.0 Å². The van der Waals surface area contributed by atoms with Crippen LogP contribution in [0.3, 0.4) is 0 Å². The highest BCUT2D eigenvalue weighted by Crippen LogP contribution is 2.20. The molecular formula is C14H21N5O2. The summed E-state index contributed by atoms with van der Waals surface area (Å²) < 4.78 is 0. The minimum Gasteiger partial charge on any atom is -0.360 e. The van der Waals surface area contributed by atoms with Crippen molar-refractivity contribution in [2.24, 2.45) is 0 Å². The van der Waals surface area contributed by atoms with Crippen LogP contribution in [0.5, 0.6) is 0 Å². The maximum absolute atomic E-state index is 11.3. The van der Waals surface area contributed by atoms with Crippen LogP contribution < -0.4 is 5.32 Å². The lowest BCUT2D eigenvalue weighted by molar-refractivity contribution is -0.432. The lowest BCUT2D eigenvalue weighted by atomic mass is 10.1. The topological polar surface area (TPSA) is 74.5 Å². The molecule has 7 nitrogen and oxygen atoms in total. The monoisotopic (exact) mass is 291 g/mol. The Balaban J connectivity index is 2.24. The smallest absolute Gasteiger partial charge is 0.299 e.